The summed E-state index contributed by atoms with van der Waals surface area (Å²) >= 11 is 6.22. The molecule has 1 unspecified atom stereocenters. The molecule has 0 aliphatic heterocycles. The van der Waals surface area contributed by atoms with E-state index in [-0.39, 0.29) is 12.0 Å². The Morgan fingerprint density at radius 2 is 1.80 bits per heavy atom. The molecule has 1 aromatic carbocycles. The van der Waals surface area contributed by atoms with Gasteiger partial charge in [0.05, 0.1) is 5.38 Å². The van der Waals surface area contributed by atoms with Gasteiger partial charge in [0.2, 0.25) is 0 Å². The molecule has 114 valence electrons. The van der Waals surface area contributed by atoms with E-state index in [0.29, 0.717) is 6.42 Å². The van der Waals surface area contributed by atoms with E-state index in [1.807, 2.05) is 18.2 Å². The minimum absolute atomic E-state index is 0.00463. The first-order chi connectivity index (χ1) is 9.37. The van der Waals surface area contributed by atoms with Crippen molar-refractivity contribution >= 4 is 11.6 Å². The summed E-state index contributed by atoms with van der Waals surface area (Å²) in [6.45, 7) is 2.96. The quantitative estimate of drug-likeness (QED) is 0.505. The maximum absolute atomic E-state index is 11.9. The van der Waals surface area contributed by atoms with Gasteiger partial charge in [-0.05, 0) is 36.0 Å². The van der Waals surface area contributed by atoms with Gasteiger partial charge in [0.25, 0.3) is 0 Å². The Kier molecular flexibility index (Phi) is 6.83. The monoisotopic (exact) mass is 308 g/mol. The summed E-state index contributed by atoms with van der Waals surface area (Å²) in [4.78, 5) is 0. The molecule has 0 bridgehead atoms. The molecule has 1 aromatic rings. The summed E-state index contributed by atoms with van der Waals surface area (Å²) in [5.41, 5.74) is 3.47. The summed E-state index contributed by atoms with van der Waals surface area (Å²) < 4.78 is 40.4. The lowest BCUT2D eigenvalue weighted by Crippen LogP contribution is -2.17. The highest BCUT2D eigenvalue weighted by Gasteiger charge is 2.27. The number of hydrogen-bond acceptors (Lipinski definition) is 1. The highest BCUT2D eigenvalue weighted by atomic mass is 35.5. The van der Waals surface area contributed by atoms with Crippen molar-refractivity contribution in [2.75, 3.05) is 13.2 Å². The molecule has 1 rings (SSSR count). The SMILES string of the molecule is CCc1ccc(C(Cl)CCOCC(F)(F)F)cc1CC. The Hall–Kier alpha value is -0.740. The second kappa shape index (κ2) is 7.89. The Balaban J connectivity index is 2.53. The Bertz CT molecular complexity index is 418. The van der Waals surface area contributed by atoms with Crippen LogP contribution in [0.15, 0.2) is 18.2 Å². The number of rotatable bonds is 7. The smallest absolute Gasteiger partial charge is 0.372 e. The van der Waals surface area contributed by atoms with Crippen molar-refractivity contribution in [1.29, 1.82) is 0 Å². The summed E-state index contributed by atoms with van der Waals surface area (Å²) in [5.74, 6) is 0. The van der Waals surface area contributed by atoms with Crippen LogP contribution in [0, 0.1) is 0 Å². The fraction of sp³-hybridized carbons (Fsp3) is 0.600. The molecule has 20 heavy (non-hydrogen) atoms. The zero-order valence-corrected chi connectivity index (χ0v) is 12.5. The molecule has 0 heterocycles. The number of ether oxygens (including phenoxy) is 1. The predicted molar refractivity (Wildman–Crippen MR) is 75.3 cm³/mol. The third-order valence-corrected chi connectivity index (χ3v) is 3.61. The topological polar surface area (TPSA) is 9.23 Å². The van der Waals surface area contributed by atoms with Crippen molar-refractivity contribution in [3.05, 3.63) is 34.9 Å². The van der Waals surface area contributed by atoms with Crippen LogP contribution in [0.5, 0.6) is 0 Å². The summed E-state index contributed by atoms with van der Waals surface area (Å²) in [5, 5.41) is -0.320. The fourth-order valence-electron chi connectivity index (χ4n) is 2.06. The van der Waals surface area contributed by atoms with E-state index in [9.17, 15) is 13.2 Å². The fourth-order valence-corrected chi connectivity index (χ4v) is 2.28. The standard InChI is InChI=1S/C15H20ClF3O/c1-3-11-5-6-13(9-12(11)4-2)14(16)7-8-20-10-15(17,18)19/h5-6,9,14H,3-4,7-8,10H2,1-2H3. The van der Waals surface area contributed by atoms with Crippen LogP contribution in [0.1, 0.15) is 42.3 Å². The van der Waals surface area contributed by atoms with Crippen LogP contribution in [-0.4, -0.2) is 19.4 Å². The van der Waals surface area contributed by atoms with E-state index in [1.165, 1.54) is 11.1 Å². The average Bonchev–Trinajstić information content (AvgIpc) is 2.41. The first-order valence-electron chi connectivity index (χ1n) is 6.77. The van der Waals surface area contributed by atoms with Gasteiger partial charge in [-0.25, -0.2) is 0 Å². The van der Waals surface area contributed by atoms with E-state index >= 15 is 0 Å². The van der Waals surface area contributed by atoms with Gasteiger partial charge >= 0.3 is 6.18 Å². The maximum atomic E-state index is 11.9. The van der Waals surface area contributed by atoms with Crippen LogP contribution < -0.4 is 0 Å². The zero-order chi connectivity index (χ0) is 15.2. The molecule has 0 aromatic heterocycles. The number of alkyl halides is 4. The second-order valence-corrected chi connectivity index (χ2v) is 5.19. The number of halogens is 4. The van der Waals surface area contributed by atoms with Crippen molar-refractivity contribution in [3.8, 4) is 0 Å². The highest BCUT2D eigenvalue weighted by Crippen LogP contribution is 2.27. The van der Waals surface area contributed by atoms with Gasteiger partial charge in [0.1, 0.15) is 6.61 Å². The van der Waals surface area contributed by atoms with E-state index < -0.39 is 12.8 Å². The van der Waals surface area contributed by atoms with E-state index in [1.54, 1.807) is 0 Å². The lowest BCUT2D eigenvalue weighted by molar-refractivity contribution is -0.174. The van der Waals surface area contributed by atoms with Gasteiger partial charge in [0, 0.05) is 6.61 Å². The molecule has 0 fully saturated rings. The average molecular weight is 309 g/mol. The van der Waals surface area contributed by atoms with Crippen LogP contribution in [0.25, 0.3) is 0 Å². The molecule has 5 heteroatoms. The molecular formula is C15H20ClF3O. The van der Waals surface area contributed by atoms with Gasteiger partial charge in [-0.1, -0.05) is 32.0 Å². The molecule has 0 radical (unpaired) electrons. The minimum atomic E-state index is -4.28. The second-order valence-electron chi connectivity index (χ2n) is 4.66. The van der Waals surface area contributed by atoms with Gasteiger partial charge in [0.15, 0.2) is 0 Å². The van der Waals surface area contributed by atoms with Crippen LogP contribution >= 0.6 is 11.6 Å². The third kappa shape index (κ3) is 5.71. The van der Waals surface area contributed by atoms with Crippen molar-refractivity contribution in [1.82, 2.24) is 0 Å². The van der Waals surface area contributed by atoms with Crippen molar-refractivity contribution in [2.45, 2.75) is 44.7 Å². The van der Waals surface area contributed by atoms with Crippen LogP contribution in [0.3, 0.4) is 0 Å². The molecule has 1 atom stereocenters. The molecule has 0 aliphatic rings. The van der Waals surface area contributed by atoms with Crippen molar-refractivity contribution < 1.29 is 17.9 Å². The summed E-state index contributed by atoms with van der Waals surface area (Å²) in [7, 11) is 0. The highest BCUT2D eigenvalue weighted by molar-refractivity contribution is 6.20. The van der Waals surface area contributed by atoms with Gasteiger partial charge in [-0.15, -0.1) is 11.6 Å². The molecular weight excluding hydrogens is 289 g/mol. The van der Waals surface area contributed by atoms with Gasteiger partial charge < -0.3 is 4.74 Å². The number of aryl methyl sites for hydroxylation is 2. The minimum Gasteiger partial charge on any atom is -0.372 e. The van der Waals surface area contributed by atoms with Crippen LogP contribution in [0.2, 0.25) is 0 Å². The maximum Gasteiger partial charge on any atom is 0.411 e. The van der Waals surface area contributed by atoms with Crippen LogP contribution in [0.4, 0.5) is 13.2 Å². The molecule has 0 N–H and O–H groups in total. The van der Waals surface area contributed by atoms with E-state index in [2.05, 4.69) is 18.6 Å². The predicted octanol–water partition coefficient (Wildman–Crippen LogP) is 5.06. The van der Waals surface area contributed by atoms with Crippen molar-refractivity contribution in [3.63, 3.8) is 0 Å². The Morgan fingerprint density at radius 3 is 2.35 bits per heavy atom. The first kappa shape index (κ1) is 17.3. The van der Waals surface area contributed by atoms with Crippen LogP contribution in [-0.2, 0) is 17.6 Å². The lowest BCUT2D eigenvalue weighted by atomic mass is 9.98. The van der Waals surface area contributed by atoms with E-state index in [4.69, 9.17) is 11.6 Å². The normalized spacial score (nSPS) is 13.5. The first-order valence-corrected chi connectivity index (χ1v) is 7.21. The largest absolute Gasteiger partial charge is 0.411 e. The molecule has 0 spiro atoms. The molecule has 0 saturated heterocycles. The number of benzene rings is 1. The van der Waals surface area contributed by atoms with Gasteiger partial charge in [-0.3, -0.25) is 0 Å². The molecule has 0 aliphatic carbocycles. The molecule has 0 amide bonds. The van der Waals surface area contributed by atoms with Gasteiger partial charge in [-0.2, -0.15) is 13.2 Å². The Morgan fingerprint density at radius 1 is 1.15 bits per heavy atom. The zero-order valence-electron chi connectivity index (χ0n) is 11.8. The Labute approximate surface area is 123 Å². The molecule has 0 saturated carbocycles. The van der Waals surface area contributed by atoms with Crippen molar-refractivity contribution in [2.24, 2.45) is 0 Å². The lowest BCUT2D eigenvalue weighted by Gasteiger charge is -2.14. The summed E-state index contributed by atoms with van der Waals surface area (Å²) in [6.07, 6.45) is -2.03. The third-order valence-electron chi connectivity index (χ3n) is 3.14. The molecule has 1 nitrogen and oxygen atoms in total. The summed E-state index contributed by atoms with van der Waals surface area (Å²) in [6, 6.07) is 6.03. The van der Waals surface area contributed by atoms with E-state index in [0.717, 1.165) is 18.4 Å². The number of hydrogen-bond donors (Lipinski definition) is 0.